The molecule has 4 unspecified atom stereocenters. The van der Waals surface area contributed by atoms with Crippen LogP contribution in [0, 0.1) is 11.8 Å². The Bertz CT molecular complexity index is 506. The number of carbonyl (C=O) groups is 2. The molecule has 1 aliphatic heterocycles. The second kappa shape index (κ2) is 15.7. The highest BCUT2D eigenvalue weighted by Crippen LogP contribution is 2.45. The molecule has 180 valence electrons. The molecule has 0 aromatic rings. The Morgan fingerprint density at radius 1 is 0.677 bits per heavy atom. The predicted molar refractivity (Wildman–Crippen MR) is 123 cm³/mol. The standard InChI is InChI=1S/C26H46O5/c1-3-5-7-9-11-13-15-19-29-25(27)21-17-18-22-24(31-22)23(21)26(28)30-20-16-14-12-10-8-6-4-2/h21-24H,3-20H2,1-2H3. The van der Waals surface area contributed by atoms with E-state index in [0.29, 0.717) is 19.6 Å². The third kappa shape index (κ3) is 9.93. The van der Waals surface area contributed by atoms with Crippen molar-refractivity contribution in [3.05, 3.63) is 0 Å². The molecule has 1 saturated heterocycles. The largest absolute Gasteiger partial charge is 0.465 e. The fourth-order valence-corrected chi connectivity index (χ4v) is 4.69. The highest BCUT2D eigenvalue weighted by Gasteiger charge is 2.57. The first-order valence-electron chi connectivity index (χ1n) is 13.2. The minimum Gasteiger partial charge on any atom is -0.465 e. The summed E-state index contributed by atoms with van der Waals surface area (Å²) in [6, 6.07) is 0. The number of unbranched alkanes of at least 4 members (excludes halogenated alkanes) is 12. The maximum absolute atomic E-state index is 12.7. The second-order valence-corrected chi connectivity index (χ2v) is 9.43. The zero-order valence-electron chi connectivity index (χ0n) is 20.1. The summed E-state index contributed by atoms with van der Waals surface area (Å²) in [7, 11) is 0. The number of fused-ring (bicyclic) bond motifs is 1. The van der Waals surface area contributed by atoms with Gasteiger partial charge in [0.2, 0.25) is 0 Å². The molecule has 5 heteroatoms. The van der Waals surface area contributed by atoms with E-state index in [1.54, 1.807) is 0 Å². The van der Waals surface area contributed by atoms with Crippen LogP contribution in [-0.4, -0.2) is 37.4 Å². The monoisotopic (exact) mass is 438 g/mol. The topological polar surface area (TPSA) is 65.1 Å². The third-order valence-electron chi connectivity index (χ3n) is 6.73. The van der Waals surface area contributed by atoms with Crippen molar-refractivity contribution in [2.45, 2.75) is 129 Å². The number of rotatable bonds is 18. The van der Waals surface area contributed by atoms with Crippen LogP contribution in [0.3, 0.4) is 0 Å². The molecule has 0 N–H and O–H groups in total. The van der Waals surface area contributed by atoms with Gasteiger partial charge in [-0.1, -0.05) is 90.9 Å². The molecule has 1 heterocycles. The zero-order valence-corrected chi connectivity index (χ0v) is 20.1. The van der Waals surface area contributed by atoms with Crippen LogP contribution < -0.4 is 0 Å². The van der Waals surface area contributed by atoms with E-state index in [0.717, 1.165) is 32.1 Å². The van der Waals surface area contributed by atoms with E-state index in [1.807, 2.05) is 0 Å². The molecule has 5 nitrogen and oxygen atoms in total. The Labute approximate surface area is 190 Å². The van der Waals surface area contributed by atoms with E-state index < -0.39 is 11.8 Å². The lowest BCUT2D eigenvalue weighted by atomic mass is 9.79. The Balaban J connectivity index is 1.62. The molecular weight excluding hydrogens is 392 g/mol. The molecule has 0 amide bonds. The fraction of sp³-hybridized carbons (Fsp3) is 0.923. The quantitative estimate of drug-likeness (QED) is 0.141. The van der Waals surface area contributed by atoms with Crippen LogP contribution in [0.15, 0.2) is 0 Å². The maximum Gasteiger partial charge on any atom is 0.312 e. The van der Waals surface area contributed by atoms with Gasteiger partial charge in [-0.25, -0.2) is 0 Å². The van der Waals surface area contributed by atoms with Gasteiger partial charge in [-0.3, -0.25) is 9.59 Å². The molecule has 2 rings (SSSR count). The average molecular weight is 439 g/mol. The summed E-state index contributed by atoms with van der Waals surface area (Å²) in [5.41, 5.74) is 0. The Hall–Kier alpha value is -1.10. The number of hydrogen-bond acceptors (Lipinski definition) is 5. The SMILES string of the molecule is CCCCCCCCCOC(=O)C1CCC2OC2C1C(=O)OCCCCCCCCC. The van der Waals surface area contributed by atoms with Gasteiger partial charge in [-0.05, 0) is 25.7 Å². The first-order valence-corrected chi connectivity index (χ1v) is 13.2. The van der Waals surface area contributed by atoms with Gasteiger partial charge in [0, 0.05) is 0 Å². The lowest BCUT2D eigenvalue weighted by molar-refractivity contribution is -0.162. The lowest BCUT2D eigenvalue weighted by Gasteiger charge is -2.25. The third-order valence-corrected chi connectivity index (χ3v) is 6.73. The predicted octanol–water partition coefficient (Wildman–Crippen LogP) is 6.37. The number of epoxide rings is 1. The lowest BCUT2D eigenvalue weighted by Crippen LogP contribution is -2.39. The molecule has 0 aromatic heterocycles. The van der Waals surface area contributed by atoms with Gasteiger partial charge in [-0.15, -0.1) is 0 Å². The Kier molecular flexibility index (Phi) is 13.2. The van der Waals surface area contributed by atoms with Crippen molar-refractivity contribution in [1.82, 2.24) is 0 Å². The van der Waals surface area contributed by atoms with Crippen molar-refractivity contribution in [2.24, 2.45) is 11.8 Å². The van der Waals surface area contributed by atoms with Crippen LogP contribution in [0.4, 0.5) is 0 Å². The zero-order chi connectivity index (χ0) is 22.3. The maximum atomic E-state index is 12.7. The van der Waals surface area contributed by atoms with E-state index in [9.17, 15) is 9.59 Å². The summed E-state index contributed by atoms with van der Waals surface area (Å²) in [4.78, 5) is 25.4. The molecule has 1 aliphatic carbocycles. The molecule has 2 fully saturated rings. The van der Waals surface area contributed by atoms with E-state index in [-0.39, 0.29) is 24.1 Å². The minimum absolute atomic E-state index is 0.128. The van der Waals surface area contributed by atoms with Gasteiger partial charge < -0.3 is 14.2 Å². The van der Waals surface area contributed by atoms with E-state index in [4.69, 9.17) is 14.2 Å². The molecule has 0 spiro atoms. The fourth-order valence-electron chi connectivity index (χ4n) is 4.69. The minimum atomic E-state index is -0.482. The molecule has 0 bridgehead atoms. The Morgan fingerprint density at radius 2 is 1.16 bits per heavy atom. The summed E-state index contributed by atoms with van der Waals surface area (Å²) in [6.45, 7) is 5.34. The summed E-state index contributed by atoms with van der Waals surface area (Å²) in [5.74, 6) is -1.39. The molecule has 0 aromatic carbocycles. The van der Waals surface area contributed by atoms with Crippen molar-refractivity contribution in [3.8, 4) is 0 Å². The Morgan fingerprint density at radius 3 is 1.71 bits per heavy atom. The number of hydrogen-bond donors (Lipinski definition) is 0. The van der Waals surface area contributed by atoms with Crippen LogP contribution >= 0.6 is 0 Å². The first kappa shape index (κ1) is 26.2. The smallest absolute Gasteiger partial charge is 0.312 e. The van der Waals surface area contributed by atoms with E-state index in [1.165, 1.54) is 64.2 Å². The van der Waals surface area contributed by atoms with Crippen LogP contribution in [0.25, 0.3) is 0 Å². The van der Waals surface area contributed by atoms with Crippen LogP contribution in [0.2, 0.25) is 0 Å². The highest BCUT2D eigenvalue weighted by atomic mass is 16.6. The molecule has 1 saturated carbocycles. The number of carbonyl (C=O) groups excluding carboxylic acids is 2. The van der Waals surface area contributed by atoms with Gasteiger partial charge >= 0.3 is 11.9 Å². The normalized spacial score (nSPS) is 24.5. The van der Waals surface area contributed by atoms with Gasteiger partial charge in [0.05, 0.1) is 37.3 Å². The summed E-state index contributed by atoms with van der Waals surface area (Å²) in [6.07, 6.45) is 18.1. The summed E-state index contributed by atoms with van der Waals surface area (Å²) in [5, 5.41) is 0. The number of ether oxygens (including phenoxy) is 3. The average Bonchev–Trinajstić information content (AvgIpc) is 3.56. The van der Waals surface area contributed by atoms with Gasteiger partial charge in [0.1, 0.15) is 0 Å². The van der Waals surface area contributed by atoms with Crippen molar-refractivity contribution in [1.29, 1.82) is 0 Å². The summed E-state index contributed by atoms with van der Waals surface area (Å²) < 4.78 is 16.7. The molecule has 2 aliphatic rings. The van der Waals surface area contributed by atoms with Gasteiger partial charge in [-0.2, -0.15) is 0 Å². The van der Waals surface area contributed by atoms with Crippen molar-refractivity contribution in [2.75, 3.05) is 13.2 Å². The van der Waals surface area contributed by atoms with Crippen molar-refractivity contribution in [3.63, 3.8) is 0 Å². The second-order valence-electron chi connectivity index (χ2n) is 9.43. The number of esters is 2. The molecular formula is C26H46O5. The van der Waals surface area contributed by atoms with E-state index >= 15 is 0 Å². The van der Waals surface area contributed by atoms with Crippen molar-refractivity contribution >= 4 is 11.9 Å². The highest BCUT2D eigenvalue weighted by molar-refractivity contribution is 5.83. The first-order chi connectivity index (χ1) is 15.2. The molecule has 4 atom stereocenters. The van der Waals surface area contributed by atoms with E-state index in [2.05, 4.69) is 13.8 Å². The van der Waals surface area contributed by atoms with Crippen LogP contribution in [-0.2, 0) is 23.8 Å². The molecule has 31 heavy (non-hydrogen) atoms. The van der Waals surface area contributed by atoms with Gasteiger partial charge in [0.15, 0.2) is 0 Å². The summed E-state index contributed by atoms with van der Waals surface area (Å²) >= 11 is 0. The van der Waals surface area contributed by atoms with Crippen LogP contribution in [0.5, 0.6) is 0 Å². The molecule has 0 radical (unpaired) electrons. The van der Waals surface area contributed by atoms with Crippen LogP contribution in [0.1, 0.15) is 117 Å². The van der Waals surface area contributed by atoms with Gasteiger partial charge in [0.25, 0.3) is 0 Å². The van der Waals surface area contributed by atoms with Crippen molar-refractivity contribution < 1.29 is 23.8 Å².